The zero-order valence-electron chi connectivity index (χ0n) is 28.9. The van der Waals surface area contributed by atoms with Gasteiger partial charge in [-0.05, 0) is 30.9 Å². The van der Waals surface area contributed by atoms with Crippen molar-refractivity contribution >= 4 is 5.91 Å². The van der Waals surface area contributed by atoms with Crippen molar-refractivity contribution in [1.82, 2.24) is 19.9 Å². The van der Waals surface area contributed by atoms with E-state index in [2.05, 4.69) is 37.7 Å². The highest BCUT2D eigenvalue weighted by Gasteiger charge is 2.20. The van der Waals surface area contributed by atoms with Gasteiger partial charge in [0.15, 0.2) is 0 Å². The molecule has 0 saturated heterocycles. The first-order valence-corrected chi connectivity index (χ1v) is 17.5. The molecule has 1 atom stereocenters. The van der Waals surface area contributed by atoms with E-state index in [4.69, 9.17) is 18.9 Å². The minimum atomic E-state index is -0.0175. The number of hydrogen-bond donors (Lipinski definition) is 0. The van der Waals surface area contributed by atoms with Gasteiger partial charge in [0.1, 0.15) is 5.69 Å². The predicted molar refractivity (Wildman–Crippen MR) is 178 cm³/mol. The molecule has 0 aliphatic rings. The van der Waals surface area contributed by atoms with E-state index in [9.17, 15) is 4.79 Å². The van der Waals surface area contributed by atoms with Gasteiger partial charge in [0.05, 0.1) is 65.5 Å². The first-order chi connectivity index (χ1) is 21.4. The third-order valence-electron chi connectivity index (χ3n) is 8.48. The first kappa shape index (κ1) is 40.2. The van der Waals surface area contributed by atoms with Crippen LogP contribution in [-0.2, 0) is 36.9 Å². The van der Waals surface area contributed by atoms with Crippen LogP contribution in [0.5, 0.6) is 0 Å². The average molecular weight is 623 g/mol. The Morgan fingerprint density at radius 3 is 1.91 bits per heavy atom. The molecule has 0 bridgehead atoms. The van der Waals surface area contributed by atoms with Crippen LogP contribution in [0.4, 0.5) is 0 Å². The number of unbranched alkanes of at least 4 members (excludes halogenated alkanes) is 10. The Morgan fingerprint density at radius 1 is 0.818 bits per heavy atom. The number of amides is 1. The first-order valence-electron chi connectivity index (χ1n) is 17.5. The number of rotatable bonds is 32. The number of ether oxygens (including phenoxy) is 4. The molecule has 0 aliphatic carbocycles. The van der Waals surface area contributed by atoms with E-state index < -0.39 is 0 Å². The molecule has 9 heteroatoms. The van der Waals surface area contributed by atoms with Gasteiger partial charge in [-0.2, -0.15) is 0 Å². The minimum Gasteiger partial charge on any atom is -0.379 e. The second-order valence-electron chi connectivity index (χ2n) is 12.4. The molecule has 1 unspecified atom stereocenters. The van der Waals surface area contributed by atoms with Crippen LogP contribution in [0, 0.1) is 5.41 Å². The molecule has 0 aromatic carbocycles. The molecule has 1 amide bonds. The van der Waals surface area contributed by atoms with Crippen molar-refractivity contribution in [2.45, 2.75) is 137 Å². The summed E-state index contributed by atoms with van der Waals surface area (Å²) in [6.45, 7) is 15.3. The highest BCUT2D eigenvalue weighted by atomic mass is 16.6. The number of nitrogens with zero attached hydrogens (tertiary/aromatic N) is 4. The Kier molecular flexibility index (Phi) is 25.1. The molecule has 0 saturated carbocycles. The van der Waals surface area contributed by atoms with Gasteiger partial charge in [0, 0.05) is 13.6 Å². The summed E-state index contributed by atoms with van der Waals surface area (Å²) in [5.41, 5.74) is 1.32. The Bertz CT molecular complexity index is 821. The maximum absolute atomic E-state index is 11.6. The summed E-state index contributed by atoms with van der Waals surface area (Å²) >= 11 is 0. The smallest absolute Gasteiger partial charge is 0.228 e. The molecule has 1 rings (SSSR count). The zero-order chi connectivity index (χ0) is 32.1. The van der Waals surface area contributed by atoms with Crippen LogP contribution in [0.2, 0.25) is 0 Å². The van der Waals surface area contributed by atoms with Gasteiger partial charge in [-0.25, -0.2) is 0 Å². The van der Waals surface area contributed by atoms with Crippen molar-refractivity contribution in [3.05, 3.63) is 24.7 Å². The highest BCUT2D eigenvalue weighted by Crippen LogP contribution is 2.34. The molecular weight excluding hydrogens is 556 g/mol. The SMILES string of the molecule is C=CN(C)C(=O)CCOCCOCCOCCOCc1cn(CCCCC(C)(CC)CCCCCCCCCCCC)nn1. The van der Waals surface area contributed by atoms with Crippen LogP contribution in [0.15, 0.2) is 19.0 Å². The topological polar surface area (TPSA) is 87.9 Å². The van der Waals surface area contributed by atoms with Crippen LogP contribution in [0.25, 0.3) is 0 Å². The highest BCUT2D eigenvalue weighted by molar-refractivity contribution is 5.76. The van der Waals surface area contributed by atoms with Crippen LogP contribution < -0.4 is 0 Å². The second-order valence-corrected chi connectivity index (χ2v) is 12.4. The Hall–Kier alpha value is -1.81. The third kappa shape index (κ3) is 21.8. The van der Waals surface area contributed by atoms with Crippen molar-refractivity contribution in [3.8, 4) is 0 Å². The molecular formula is C35H66N4O5. The van der Waals surface area contributed by atoms with Gasteiger partial charge in [-0.15, -0.1) is 5.10 Å². The number of carbonyl (C=O) groups excluding carboxylic acids is 1. The van der Waals surface area contributed by atoms with Crippen LogP contribution >= 0.6 is 0 Å². The Morgan fingerprint density at radius 2 is 1.34 bits per heavy atom. The molecule has 1 aromatic heterocycles. The molecule has 44 heavy (non-hydrogen) atoms. The summed E-state index contributed by atoms with van der Waals surface area (Å²) in [5, 5.41) is 8.53. The van der Waals surface area contributed by atoms with E-state index in [1.807, 2.05) is 10.9 Å². The quantitative estimate of drug-likeness (QED) is 0.0760. The molecule has 9 nitrogen and oxygen atoms in total. The third-order valence-corrected chi connectivity index (χ3v) is 8.48. The normalized spacial score (nSPS) is 12.8. The zero-order valence-corrected chi connectivity index (χ0v) is 28.9. The summed E-state index contributed by atoms with van der Waals surface area (Å²) < 4.78 is 24.1. The molecule has 0 spiro atoms. The van der Waals surface area contributed by atoms with Crippen molar-refractivity contribution < 1.29 is 23.7 Å². The van der Waals surface area contributed by atoms with Gasteiger partial charge in [-0.1, -0.05) is 110 Å². The largest absolute Gasteiger partial charge is 0.379 e. The predicted octanol–water partition coefficient (Wildman–Crippen LogP) is 7.73. The lowest BCUT2D eigenvalue weighted by molar-refractivity contribution is -0.128. The van der Waals surface area contributed by atoms with Gasteiger partial charge in [0.2, 0.25) is 5.91 Å². The maximum atomic E-state index is 11.6. The van der Waals surface area contributed by atoms with Crippen LogP contribution in [0.3, 0.4) is 0 Å². The fraction of sp³-hybridized carbons (Fsp3) is 0.857. The second kappa shape index (κ2) is 27.5. The lowest BCUT2D eigenvalue weighted by Gasteiger charge is -2.28. The van der Waals surface area contributed by atoms with Gasteiger partial charge >= 0.3 is 0 Å². The lowest BCUT2D eigenvalue weighted by atomic mass is 9.78. The fourth-order valence-electron chi connectivity index (χ4n) is 5.13. The van der Waals surface area contributed by atoms with E-state index in [1.54, 1.807) is 7.05 Å². The van der Waals surface area contributed by atoms with Gasteiger partial charge in [-0.3, -0.25) is 9.48 Å². The van der Waals surface area contributed by atoms with E-state index in [-0.39, 0.29) is 5.91 Å². The molecule has 0 radical (unpaired) electrons. The Labute approximate surface area is 269 Å². The number of hydrogen-bond acceptors (Lipinski definition) is 7. The van der Waals surface area contributed by atoms with Crippen molar-refractivity contribution in [3.63, 3.8) is 0 Å². The van der Waals surface area contributed by atoms with Crippen LogP contribution in [-0.4, -0.2) is 79.1 Å². The van der Waals surface area contributed by atoms with Gasteiger partial charge < -0.3 is 23.8 Å². The summed E-state index contributed by atoms with van der Waals surface area (Å²) in [7, 11) is 1.68. The van der Waals surface area contributed by atoms with Crippen molar-refractivity contribution in [2.24, 2.45) is 5.41 Å². The van der Waals surface area contributed by atoms with Gasteiger partial charge in [0.25, 0.3) is 0 Å². The monoisotopic (exact) mass is 623 g/mol. The molecule has 1 heterocycles. The van der Waals surface area contributed by atoms with Crippen molar-refractivity contribution in [2.75, 3.05) is 53.3 Å². The molecule has 256 valence electrons. The molecule has 0 aliphatic heterocycles. The van der Waals surface area contributed by atoms with E-state index in [0.29, 0.717) is 64.7 Å². The summed E-state index contributed by atoms with van der Waals surface area (Å²) in [5.74, 6) is -0.0175. The average Bonchev–Trinajstić information content (AvgIpc) is 3.49. The number of carbonyl (C=O) groups is 1. The molecule has 0 N–H and O–H groups in total. The number of aryl methyl sites for hydroxylation is 1. The molecule has 1 aromatic rings. The van der Waals surface area contributed by atoms with Crippen molar-refractivity contribution in [1.29, 1.82) is 0 Å². The van der Waals surface area contributed by atoms with E-state index in [1.165, 1.54) is 101 Å². The fourth-order valence-corrected chi connectivity index (χ4v) is 5.13. The van der Waals surface area contributed by atoms with E-state index >= 15 is 0 Å². The lowest BCUT2D eigenvalue weighted by Crippen LogP contribution is -2.22. The van der Waals surface area contributed by atoms with E-state index in [0.717, 1.165) is 18.7 Å². The van der Waals surface area contributed by atoms with Crippen LogP contribution in [0.1, 0.15) is 129 Å². The standard InChI is InChI=1S/C35H66N4O5/c1-6-9-10-11-12-13-14-15-16-17-21-35(4,7-2)22-18-19-23-39-31-33(36-37-39)32-44-30-29-43-28-27-42-26-25-41-24-20-34(40)38(5)8-3/h8,31H,3,6-7,9-30,32H2,1-2,4-5H3. The summed E-state index contributed by atoms with van der Waals surface area (Å²) in [6, 6.07) is 0. The number of aromatic nitrogens is 3. The summed E-state index contributed by atoms with van der Waals surface area (Å²) in [4.78, 5) is 13.1. The minimum absolute atomic E-state index is 0.0175. The summed E-state index contributed by atoms with van der Waals surface area (Å²) in [6.07, 6.45) is 24.1. The Balaban J connectivity index is 1.97. The molecule has 0 fully saturated rings. The maximum Gasteiger partial charge on any atom is 0.228 e.